The van der Waals surface area contributed by atoms with Crippen LogP contribution < -0.4 is 10.6 Å². The molecular formula is C11H23ClN2O2. The number of carbonyl (C=O) groups excluding carboxylic acids is 1. The Bertz CT molecular complexity index is 208. The number of hydrogen-bond donors (Lipinski definition) is 2. The third-order valence-electron chi connectivity index (χ3n) is 3.11. The van der Waals surface area contributed by atoms with Gasteiger partial charge in [-0.3, -0.25) is 4.79 Å². The van der Waals surface area contributed by atoms with Crippen LogP contribution in [0, 0.1) is 5.92 Å². The molecule has 1 heterocycles. The molecule has 3 unspecified atom stereocenters. The summed E-state index contributed by atoms with van der Waals surface area (Å²) in [6.07, 6.45) is 1.08. The zero-order valence-corrected chi connectivity index (χ0v) is 11.1. The van der Waals surface area contributed by atoms with Gasteiger partial charge < -0.3 is 15.4 Å². The van der Waals surface area contributed by atoms with Gasteiger partial charge in [-0.2, -0.15) is 0 Å². The topological polar surface area (TPSA) is 50.4 Å². The number of amides is 1. The lowest BCUT2D eigenvalue weighted by atomic mass is 10.0. The molecule has 16 heavy (non-hydrogen) atoms. The number of carbonyl (C=O) groups is 1. The second-order valence-electron chi connectivity index (χ2n) is 4.26. The first-order valence-corrected chi connectivity index (χ1v) is 5.76. The molecule has 1 amide bonds. The SMILES string of the molecule is CCC(C)C(C)NC(=O)C1COCCN1.Cl. The van der Waals surface area contributed by atoms with Gasteiger partial charge in [-0.25, -0.2) is 0 Å². The van der Waals surface area contributed by atoms with Crippen LogP contribution in [-0.2, 0) is 9.53 Å². The van der Waals surface area contributed by atoms with E-state index in [0.717, 1.165) is 13.0 Å². The number of halogens is 1. The average molecular weight is 251 g/mol. The first kappa shape index (κ1) is 15.7. The van der Waals surface area contributed by atoms with Gasteiger partial charge in [0.2, 0.25) is 5.91 Å². The molecule has 2 N–H and O–H groups in total. The van der Waals surface area contributed by atoms with E-state index >= 15 is 0 Å². The van der Waals surface area contributed by atoms with E-state index in [1.54, 1.807) is 0 Å². The van der Waals surface area contributed by atoms with Crippen molar-refractivity contribution in [3.8, 4) is 0 Å². The Balaban J connectivity index is 0.00000225. The van der Waals surface area contributed by atoms with Crippen molar-refractivity contribution < 1.29 is 9.53 Å². The minimum absolute atomic E-state index is 0. The van der Waals surface area contributed by atoms with E-state index in [0.29, 0.717) is 19.1 Å². The highest BCUT2D eigenvalue weighted by Gasteiger charge is 2.23. The zero-order valence-electron chi connectivity index (χ0n) is 10.3. The van der Waals surface area contributed by atoms with E-state index in [1.165, 1.54) is 0 Å². The van der Waals surface area contributed by atoms with E-state index in [4.69, 9.17) is 4.74 Å². The quantitative estimate of drug-likeness (QED) is 0.781. The maximum absolute atomic E-state index is 11.8. The fourth-order valence-corrected chi connectivity index (χ4v) is 1.55. The molecule has 0 saturated carbocycles. The van der Waals surface area contributed by atoms with Crippen molar-refractivity contribution in [1.29, 1.82) is 0 Å². The van der Waals surface area contributed by atoms with Crippen LogP contribution in [0.4, 0.5) is 0 Å². The fourth-order valence-electron chi connectivity index (χ4n) is 1.55. The Labute approximate surface area is 104 Å². The van der Waals surface area contributed by atoms with Crippen molar-refractivity contribution in [2.45, 2.75) is 39.3 Å². The maximum atomic E-state index is 11.8. The van der Waals surface area contributed by atoms with Gasteiger partial charge in [0.05, 0.1) is 13.2 Å². The molecular weight excluding hydrogens is 228 g/mol. The smallest absolute Gasteiger partial charge is 0.239 e. The summed E-state index contributed by atoms with van der Waals surface area (Å²) < 4.78 is 5.25. The number of hydrogen-bond acceptors (Lipinski definition) is 3. The van der Waals surface area contributed by atoms with Crippen LogP contribution in [0.3, 0.4) is 0 Å². The zero-order chi connectivity index (χ0) is 11.3. The molecule has 1 rings (SSSR count). The molecule has 3 atom stereocenters. The summed E-state index contributed by atoms with van der Waals surface area (Å²) in [7, 11) is 0. The molecule has 0 aromatic heterocycles. The summed E-state index contributed by atoms with van der Waals surface area (Å²) in [5, 5.41) is 6.16. The molecule has 5 heteroatoms. The van der Waals surface area contributed by atoms with Crippen molar-refractivity contribution in [2.75, 3.05) is 19.8 Å². The van der Waals surface area contributed by atoms with Gasteiger partial charge in [-0.05, 0) is 12.8 Å². The van der Waals surface area contributed by atoms with Crippen molar-refractivity contribution in [2.24, 2.45) is 5.92 Å². The molecule has 0 spiro atoms. The highest BCUT2D eigenvalue weighted by molar-refractivity contribution is 5.85. The van der Waals surface area contributed by atoms with Gasteiger partial charge in [-0.1, -0.05) is 20.3 Å². The van der Waals surface area contributed by atoms with E-state index in [-0.39, 0.29) is 30.4 Å². The largest absolute Gasteiger partial charge is 0.378 e. The summed E-state index contributed by atoms with van der Waals surface area (Å²) in [6.45, 7) is 8.28. The summed E-state index contributed by atoms with van der Waals surface area (Å²) >= 11 is 0. The lowest BCUT2D eigenvalue weighted by Crippen LogP contribution is -2.53. The number of ether oxygens (including phenoxy) is 1. The van der Waals surface area contributed by atoms with Crippen molar-refractivity contribution in [3.63, 3.8) is 0 Å². The van der Waals surface area contributed by atoms with E-state index in [2.05, 4.69) is 31.4 Å². The molecule has 1 fully saturated rings. The Kier molecular flexibility index (Phi) is 7.72. The first-order valence-electron chi connectivity index (χ1n) is 5.76. The molecule has 96 valence electrons. The highest BCUT2D eigenvalue weighted by atomic mass is 35.5. The average Bonchev–Trinajstić information content (AvgIpc) is 2.29. The van der Waals surface area contributed by atoms with E-state index in [1.807, 2.05) is 0 Å². The summed E-state index contributed by atoms with van der Waals surface area (Å²) in [6, 6.07) is 0.0523. The predicted octanol–water partition coefficient (Wildman–Crippen LogP) is 0.947. The molecule has 0 bridgehead atoms. The Hall–Kier alpha value is -0.320. The molecule has 0 aliphatic carbocycles. The van der Waals surface area contributed by atoms with Crippen molar-refractivity contribution in [1.82, 2.24) is 10.6 Å². The summed E-state index contributed by atoms with van der Waals surface area (Å²) in [5.74, 6) is 0.570. The van der Waals surface area contributed by atoms with Gasteiger partial charge in [0.25, 0.3) is 0 Å². The van der Waals surface area contributed by atoms with Crippen LogP contribution in [0.25, 0.3) is 0 Å². The number of rotatable bonds is 4. The molecule has 0 radical (unpaired) electrons. The maximum Gasteiger partial charge on any atom is 0.239 e. The fraction of sp³-hybridized carbons (Fsp3) is 0.909. The van der Waals surface area contributed by atoms with E-state index in [9.17, 15) is 4.79 Å². The van der Waals surface area contributed by atoms with Crippen LogP contribution in [0.1, 0.15) is 27.2 Å². The summed E-state index contributed by atoms with van der Waals surface area (Å²) in [5.41, 5.74) is 0. The van der Waals surface area contributed by atoms with Crippen LogP contribution in [-0.4, -0.2) is 37.7 Å². The Morgan fingerprint density at radius 2 is 2.25 bits per heavy atom. The third-order valence-corrected chi connectivity index (χ3v) is 3.11. The Morgan fingerprint density at radius 1 is 1.56 bits per heavy atom. The molecule has 1 aliphatic heterocycles. The Morgan fingerprint density at radius 3 is 2.75 bits per heavy atom. The second kappa shape index (κ2) is 7.87. The van der Waals surface area contributed by atoms with Gasteiger partial charge in [0, 0.05) is 12.6 Å². The predicted molar refractivity (Wildman–Crippen MR) is 66.9 cm³/mol. The van der Waals surface area contributed by atoms with Crippen molar-refractivity contribution in [3.05, 3.63) is 0 Å². The molecule has 1 aliphatic rings. The molecule has 4 nitrogen and oxygen atoms in total. The number of nitrogens with one attached hydrogen (secondary N) is 2. The minimum Gasteiger partial charge on any atom is -0.378 e. The van der Waals surface area contributed by atoms with Gasteiger partial charge >= 0.3 is 0 Å². The molecule has 0 aromatic carbocycles. The van der Waals surface area contributed by atoms with Crippen LogP contribution in [0.2, 0.25) is 0 Å². The lowest BCUT2D eigenvalue weighted by Gasteiger charge is -2.26. The van der Waals surface area contributed by atoms with Gasteiger partial charge in [0.15, 0.2) is 0 Å². The standard InChI is InChI=1S/C11H22N2O2.ClH/c1-4-8(2)9(3)13-11(14)10-7-15-6-5-12-10;/h8-10,12H,4-7H2,1-3H3,(H,13,14);1H. The first-order chi connectivity index (χ1) is 7.15. The molecule has 1 saturated heterocycles. The van der Waals surface area contributed by atoms with Crippen LogP contribution in [0.15, 0.2) is 0 Å². The summed E-state index contributed by atoms with van der Waals surface area (Å²) in [4.78, 5) is 11.8. The highest BCUT2D eigenvalue weighted by Crippen LogP contribution is 2.07. The van der Waals surface area contributed by atoms with Crippen LogP contribution >= 0.6 is 12.4 Å². The molecule has 0 aromatic rings. The monoisotopic (exact) mass is 250 g/mol. The normalized spacial score (nSPS) is 24.1. The minimum atomic E-state index is -0.176. The lowest BCUT2D eigenvalue weighted by molar-refractivity contribution is -0.126. The third kappa shape index (κ3) is 4.68. The second-order valence-corrected chi connectivity index (χ2v) is 4.26. The van der Waals surface area contributed by atoms with E-state index < -0.39 is 0 Å². The number of morpholine rings is 1. The van der Waals surface area contributed by atoms with Crippen molar-refractivity contribution >= 4 is 18.3 Å². The van der Waals surface area contributed by atoms with Crippen LogP contribution in [0.5, 0.6) is 0 Å². The van der Waals surface area contributed by atoms with Gasteiger partial charge in [0.1, 0.15) is 6.04 Å². The van der Waals surface area contributed by atoms with Gasteiger partial charge in [-0.15, -0.1) is 12.4 Å².